The minimum atomic E-state index is -0.178. The first kappa shape index (κ1) is 38.5. The van der Waals surface area contributed by atoms with Crippen molar-refractivity contribution in [3.63, 3.8) is 0 Å². The van der Waals surface area contributed by atoms with Crippen LogP contribution in [-0.2, 0) is 5.41 Å². The van der Waals surface area contributed by atoms with Crippen LogP contribution in [0.2, 0.25) is 0 Å². The predicted molar refractivity (Wildman–Crippen MR) is 282 cm³/mol. The third-order valence-electron chi connectivity index (χ3n) is 14.0. The zero-order valence-corrected chi connectivity index (χ0v) is 37.6. The molecule has 312 valence electrons. The molecule has 0 amide bonds. The maximum absolute atomic E-state index is 2.47. The first-order chi connectivity index (χ1) is 32.5. The Morgan fingerprint density at radius 1 is 0.379 bits per heavy atom. The van der Waals surface area contributed by atoms with Crippen LogP contribution >= 0.6 is 11.3 Å². The predicted octanol–water partition coefficient (Wildman–Crippen LogP) is 17.9. The molecule has 0 saturated carbocycles. The molecule has 13 rings (SSSR count). The molecule has 10 aromatic carbocycles. The molecule has 2 aromatic heterocycles. The van der Waals surface area contributed by atoms with Gasteiger partial charge in [-0.3, -0.25) is 0 Å². The zero-order chi connectivity index (χ0) is 43.9. The Morgan fingerprint density at radius 3 is 1.80 bits per heavy atom. The van der Waals surface area contributed by atoms with Crippen molar-refractivity contribution in [2.45, 2.75) is 19.3 Å². The number of hydrogen-bond acceptors (Lipinski definition) is 2. The zero-order valence-electron chi connectivity index (χ0n) is 36.7. The van der Waals surface area contributed by atoms with E-state index in [-0.39, 0.29) is 5.41 Å². The van der Waals surface area contributed by atoms with Gasteiger partial charge in [0.15, 0.2) is 0 Å². The van der Waals surface area contributed by atoms with Crippen molar-refractivity contribution in [3.8, 4) is 50.2 Å². The highest BCUT2D eigenvalue weighted by atomic mass is 32.1. The number of hydrogen-bond donors (Lipinski definition) is 0. The Labute approximate surface area is 388 Å². The molecular formula is C63H44N2S. The number of benzene rings is 10. The SMILES string of the molecule is CC1(C)c2ccc(-c3ccccc3N(c3ccccc3)c3ccc(-c4cccc5sc6ccccc6c45)cc3)cc2-c2ccc(-c3cccc4c3c3ccccc3n4-c3ccccc3)cc21. The number of fused-ring (bicyclic) bond motifs is 9. The standard InChI is InChI=1S/C63H44N2S/c1-63(2)54-38-34-42(39-53(54)50-37-33-43(40-55(50)63)49-24-15-28-58-61(49)51-22-10-13-27-57(51)65(58)45-19-7-4-8-20-45)47-21-9-12-26-56(47)64(44-17-5-3-6-18-44)46-35-31-41(32-36-46)48-25-16-30-60-62(48)52-23-11-14-29-59(52)66-60/h3-40H,1-2H3. The van der Waals surface area contributed by atoms with Crippen molar-refractivity contribution in [2.24, 2.45) is 0 Å². The number of para-hydroxylation sites is 4. The summed E-state index contributed by atoms with van der Waals surface area (Å²) < 4.78 is 5.05. The molecule has 0 bridgehead atoms. The molecule has 0 spiro atoms. The van der Waals surface area contributed by atoms with E-state index in [4.69, 9.17) is 0 Å². The summed E-state index contributed by atoms with van der Waals surface area (Å²) in [6.45, 7) is 4.78. The van der Waals surface area contributed by atoms with Gasteiger partial charge in [-0.1, -0.05) is 166 Å². The lowest BCUT2D eigenvalue weighted by Gasteiger charge is -2.28. The quantitative estimate of drug-likeness (QED) is 0.155. The van der Waals surface area contributed by atoms with Crippen LogP contribution in [0.25, 0.3) is 92.2 Å². The highest BCUT2D eigenvalue weighted by molar-refractivity contribution is 7.25. The van der Waals surface area contributed by atoms with Gasteiger partial charge in [-0.25, -0.2) is 0 Å². The lowest BCUT2D eigenvalue weighted by molar-refractivity contribution is 0.660. The first-order valence-electron chi connectivity index (χ1n) is 22.8. The minimum Gasteiger partial charge on any atom is -0.310 e. The fourth-order valence-corrected chi connectivity index (χ4v) is 12.1. The number of rotatable bonds is 7. The Hall–Kier alpha value is -7.98. The second-order valence-electron chi connectivity index (χ2n) is 18.0. The first-order valence-corrected chi connectivity index (χ1v) is 23.7. The molecule has 0 radical (unpaired) electrons. The van der Waals surface area contributed by atoms with E-state index in [1.165, 1.54) is 103 Å². The summed E-state index contributed by atoms with van der Waals surface area (Å²) in [5.74, 6) is 0. The highest BCUT2D eigenvalue weighted by Gasteiger charge is 2.36. The Balaban J connectivity index is 0.906. The molecule has 0 saturated heterocycles. The third kappa shape index (κ3) is 5.94. The molecule has 1 aliphatic rings. The average Bonchev–Trinajstić information content (AvgIpc) is 4.00. The van der Waals surface area contributed by atoms with Crippen LogP contribution in [0, 0.1) is 0 Å². The number of thiophene rings is 1. The smallest absolute Gasteiger partial charge is 0.0547 e. The van der Waals surface area contributed by atoms with Crippen LogP contribution in [0.5, 0.6) is 0 Å². The van der Waals surface area contributed by atoms with Crippen molar-refractivity contribution in [1.29, 1.82) is 0 Å². The molecule has 1 aliphatic carbocycles. The number of anilines is 3. The van der Waals surface area contributed by atoms with Gasteiger partial charge in [-0.2, -0.15) is 0 Å². The van der Waals surface area contributed by atoms with E-state index in [0.717, 1.165) is 17.1 Å². The number of aromatic nitrogens is 1. The van der Waals surface area contributed by atoms with Gasteiger partial charge < -0.3 is 9.47 Å². The fraction of sp³-hybridized carbons (Fsp3) is 0.0476. The minimum absolute atomic E-state index is 0.178. The van der Waals surface area contributed by atoms with Crippen LogP contribution in [0.1, 0.15) is 25.0 Å². The van der Waals surface area contributed by atoms with Crippen LogP contribution in [0.15, 0.2) is 231 Å². The van der Waals surface area contributed by atoms with Gasteiger partial charge in [0, 0.05) is 59.0 Å². The Bertz CT molecular complexity index is 3840. The van der Waals surface area contributed by atoms with Crippen LogP contribution < -0.4 is 4.90 Å². The summed E-state index contributed by atoms with van der Waals surface area (Å²) in [6.07, 6.45) is 0. The second kappa shape index (κ2) is 15.1. The Morgan fingerprint density at radius 2 is 0.970 bits per heavy atom. The lowest BCUT2D eigenvalue weighted by atomic mass is 9.81. The number of nitrogens with zero attached hydrogens (tertiary/aromatic N) is 2. The molecule has 0 N–H and O–H groups in total. The monoisotopic (exact) mass is 860 g/mol. The molecule has 0 unspecified atom stereocenters. The van der Waals surface area contributed by atoms with Gasteiger partial charge in [-0.05, 0) is 129 Å². The van der Waals surface area contributed by atoms with Crippen LogP contribution in [0.4, 0.5) is 17.1 Å². The molecule has 0 aliphatic heterocycles. The van der Waals surface area contributed by atoms with Gasteiger partial charge in [0.05, 0.1) is 16.7 Å². The van der Waals surface area contributed by atoms with E-state index < -0.39 is 0 Å². The van der Waals surface area contributed by atoms with E-state index >= 15 is 0 Å². The summed E-state index contributed by atoms with van der Waals surface area (Å²) in [4.78, 5) is 2.41. The van der Waals surface area contributed by atoms with Crippen molar-refractivity contribution in [1.82, 2.24) is 4.57 Å². The van der Waals surface area contributed by atoms with Crippen molar-refractivity contribution in [3.05, 3.63) is 242 Å². The largest absolute Gasteiger partial charge is 0.310 e. The van der Waals surface area contributed by atoms with Crippen LogP contribution in [-0.4, -0.2) is 4.57 Å². The molecule has 66 heavy (non-hydrogen) atoms. The molecule has 0 fully saturated rings. The van der Waals surface area contributed by atoms with Crippen molar-refractivity contribution < 1.29 is 0 Å². The fourth-order valence-electron chi connectivity index (χ4n) is 10.9. The van der Waals surface area contributed by atoms with Gasteiger partial charge >= 0.3 is 0 Å². The normalized spacial score (nSPS) is 12.8. The molecular weight excluding hydrogens is 817 g/mol. The molecule has 2 heterocycles. The highest BCUT2D eigenvalue weighted by Crippen LogP contribution is 2.52. The van der Waals surface area contributed by atoms with E-state index in [9.17, 15) is 0 Å². The summed E-state index contributed by atoms with van der Waals surface area (Å²) in [5.41, 5.74) is 19.5. The van der Waals surface area contributed by atoms with Gasteiger partial charge in [-0.15, -0.1) is 11.3 Å². The summed E-state index contributed by atoms with van der Waals surface area (Å²) in [5, 5.41) is 5.20. The average molecular weight is 861 g/mol. The van der Waals surface area contributed by atoms with E-state index in [1.54, 1.807) is 0 Å². The van der Waals surface area contributed by atoms with Gasteiger partial charge in [0.25, 0.3) is 0 Å². The lowest BCUT2D eigenvalue weighted by Crippen LogP contribution is -2.15. The summed E-state index contributed by atoms with van der Waals surface area (Å²) in [6, 6.07) is 84.9. The third-order valence-corrected chi connectivity index (χ3v) is 15.1. The van der Waals surface area contributed by atoms with Crippen LogP contribution in [0.3, 0.4) is 0 Å². The van der Waals surface area contributed by atoms with Gasteiger partial charge in [0.2, 0.25) is 0 Å². The summed E-state index contributed by atoms with van der Waals surface area (Å²) >= 11 is 1.87. The topological polar surface area (TPSA) is 8.17 Å². The van der Waals surface area contributed by atoms with E-state index in [2.05, 4.69) is 254 Å². The Kier molecular flexibility index (Phi) is 8.78. The molecule has 0 atom stereocenters. The summed E-state index contributed by atoms with van der Waals surface area (Å²) in [7, 11) is 0. The van der Waals surface area contributed by atoms with Crippen molar-refractivity contribution >= 4 is 70.4 Å². The van der Waals surface area contributed by atoms with Crippen molar-refractivity contribution in [2.75, 3.05) is 4.90 Å². The maximum Gasteiger partial charge on any atom is 0.0547 e. The molecule has 2 nitrogen and oxygen atoms in total. The maximum atomic E-state index is 2.47. The molecule has 12 aromatic rings. The van der Waals surface area contributed by atoms with E-state index in [1.807, 2.05) is 11.3 Å². The second-order valence-corrected chi connectivity index (χ2v) is 19.1. The van der Waals surface area contributed by atoms with Gasteiger partial charge in [0.1, 0.15) is 0 Å². The van der Waals surface area contributed by atoms with E-state index in [0.29, 0.717) is 0 Å². The molecule has 3 heteroatoms.